The van der Waals surface area contributed by atoms with Crippen LogP contribution in [0.15, 0.2) is 0 Å². The second-order valence-electron chi connectivity index (χ2n) is 7.19. The Morgan fingerprint density at radius 3 is 2.35 bits per heavy atom. The van der Waals surface area contributed by atoms with Crippen LogP contribution < -0.4 is 10.1 Å². The van der Waals surface area contributed by atoms with Crippen molar-refractivity contribution in [3.8, 4) is 5.75 Å². The number of nitrogens with zero attached hydrogens (tertiary/aromatic N) is 2. The molecule has 4 heteroatoms. The summed E-state index contributed by atoms with van der Waals surface area (Å²) in [4.78, 5) is 0. The average Bonchev–Trinajstić information content (AvgIpc) is 2.50. The molecular weight excluding hydrogens is 250 g/mol. The molecule has 1 aliphatic carbocycles. The fourth-order valence-corrected chi connectivity index (χ4v) is 2.76. The van der Waals surface area contributed by atoms with Gasteiger partial charge in [0.15, 0.2) is 5.75 Å². The molecule has 4 nitrogen and oxygen atoms in total. The fraction of sp³-hybridized carbons (Fsp3) is 0.812. The molecule has 114 valence electrons. The minimum absolute atomic E-state index is 0.0246. The van der Waals surface area contributed by atoms with E-state index in [0.717, 1.165) is 42.9 Å². The van der Waals surface area contributed by atoms with Gasteiger partial charge in [-0.15, -0.1) is 0 Å². The maximum Gasteiger partial charge on any atom is 0.163 e. The van der Waals surface area contributed by atoms with Crippen LogP contribution in [0.2, 0.25) is 0 Å². The van der Waals surface area contributed by atoms with Crippen LogP contribution in [0, 0.1) is 13.8 Å². The maximum absolute atomic E-state index is 6.41. The Hall–Kier alpha value is -1.03. The summed E-state index contributed by atoms with van der Waals surface area (Å²) in [5.74, 6) is 0.989. The highest BCUT2D eigenvalue weighted by Crippen LogP contribution is 2.41. The lowest BCUT2D eigenvalue weighted by atomic mass is 9.77. The molecule has 0 amide bonds. The first-order valence-electron chi connectivity index (χ1n) is 7.67. The first-order valence-corrected chi connectivity index (χ1v) is 7.67. The van der Waals surface area contributed by atoms with Gasteiger partial charge in [-0.25, -0.2) is 0 Å². The molecule has 0 radical (unpaired) electrons. The molecule has 1 aromatic heterocycles. The quantitative estimate of drug-likeness (QED) is 0.900. The van der Waals surface area contributed by atoms with Crippen LogP contribution in [0.5, 0.6) is 5.75 Å². The summed E-state index contributed by atoms with van der Waals surface area (Å²) in [6.45, 7) is 11.7. The van der Waals surface area contributed by atoms with Crippen molar-refractivity contribution in [2.45, 2.75) is 71.4 Å². The van der Waals surface area contributed by atoms with Gasteiger partial charge in [-0.3, -0.25) is 4.68 Å². The number of aryl methyl sites for hydroxylation is 2. The second-order valence-corrected chi connectivity index (χ2v) is 7.19. The van der Waals surface area contributed by atoms with E-state index in [1.54, 1.807) is 0 Å². The normalized spacial score (nSPS) is 17.9. The van der Waals surface area contributed by atoms with Crippen LogP contribution in [0.3, 0.4) is 0 Å². The van der Waals surface area contributed by atoms with Crippen LogP contribution in [0.4, 0.5) is 0 Å². The zero-order valence-corrected chi connectivity index (χ0v) is 13.8. The third kappa shape index (κ3) is 3.35. The van der Waals surface area contributed by atoms with Crippen molar-refractivity contribution in [2.24, 2.45) is 7.05 Å². The van der Waals surface area contributed by atoms with Crippen molar-refractivity contribution in [3.05, 3.63) is 11.4 Å². The van der Waals surface area contributed by atoms with E-state index >= 15 is 0 Å². The first kappa shape index (κ1) is 15.4. The summed E-state index contributed by atoms with van der Waals surface area (Å²) in [7, 11) is 1.98. The molecule has 0 unspecified atom stereocenters. The molecule has 2 rings (SSSR count). The van der Waals surface area contributed by atoms with E-state index in [4.69, 9.17) is 4.74 Å². The lowest BCUT2D eigenvalue weighted by Gasteiger charge is -2.42. The number of hydrogen-bond donors (Lipinski definition) is 1. The number of nitrogens with one attached hydrogen (secondary N) is 1. The minimum Gasteiger partial charge on any atom is -0.483 e. The third-order valence-electron chi connectivity index (χ3n) is 4.26. The topological polar surface area (TPSA) is 39.1 Å². The van der Waals surface area contributed by atoms with Crippen LogP contribution in [0.25, 0.3) is 0 Å². The van der Waals surface area contributed by atoms with Gasteiger partial charge >= 0.3 is 0 Å². The van der Waals surface area contributed by atoms with Gasteiger partial charge in [0.2, 0.25) is 0 Å². The van der Waals surface area contributed by atoms with Crippen molar-refractivity contribution in [3.63, 3.8) is 0 Å². The molecule has 0 aromatic carbocycles. The Labute approximate surface area is 122 Å². The van der Waals surface area contributed by atoms with Gasteiger partial charge in [-0.2, -0.15) is 5.10 Å². The van der Waals surface area contributed by atoms with Gasteiger partial charge in [0.05, 0.1) is 5.69 Å². The molecule has 1 N–H and O–H groups in total. The monoisotopic (exact) mass is 279 g/mol. The molecule has 1 saturated carbocycles. The third-order valence-corrected chi connectivity index (χ3v) is 4.26. The lowest BCUT2D eigenvalue weighted by molar-refractivity contribution is -0.0163. The summed E-state index contributed by atoms with van der Waals surface area (Å²) in [6, 6.07) is 0. The summed E-state index contributed by atoms with van der Waals surface area (Å²) in [5.41, 5.74) is 2.32. The minimum atomic E-state index is 0.0246. The van der Waals surface area contributed by atoms with E-state index < -0.39 is 0 Å². The van der Waals surface area contributed by atoms with Crippen molar-refractivity contribution in [1.82, 2.24) is 15.1 Å². The van der Waals surface area contributed by atoms with Crippen molar-refractivity contribution >= 4 is 0 Å². The zero-order valence-electron chi connectivity index (χ0n) is 13.8. The molecule has 1 aliphatic rings. The lowest BCUT2D eigenvalue weighted by Crippen LogP contribution is -2.47. The number of rotatable bonds is 5. The average molecular weight is 279 g/mol. The predicted molar refractivity (Wildman–Crippen MR) is 82.3 cm³/mol. The molecule has 1 aromatic rings. The second kappa shape index (κ2) is 5.40. The highest BCUT2D eigenvalue weighted by molar-refractivity contribution is 5.32. The SMILES string of the molecule is Cc1nn(C)c(C)c1OC1(CCNC(C)(C)C)CCC1. The van der Waals surface area contributed by atoms with E-state index in [1.165, 1.54) is 6.42 Å². The molecule has 0 atom stereocenters. The molecule has 0 saturated heterocycles. The maximum atomic E-state index is 6.41. The van der Waals surface area contributed by atoms with Crippen LogP contribution in [0.1, 0.15) is 57.8 Å². The van der Waals surface area contributed by atoms with Gasteiger partial charge in [-0.1, -0.05) is 0 Å². The Bertz CT molecular complexity index is 467. The summed E-state index contributed by atoms with van der Waals surface area (Å²) in [6.07, 6.45) is 4.66. The Balaban J connectivity index is 2.01. The van der Waals surface area contributed by atoms with Gasteiger partial charge in [0.25, 0.3) is 0 Å². The predicted octanol–water partition coefficient (Wildman–Crippen LogP) is 3.12. The first-order chi connectivity index (χ1) is 9.22. The molecule has 0 bridgehead atoms. The molecule has 0 spiro atoms. The Kier molecular flexibility index (Phi) is 4.14. The van der Waals surface area contributed by atoms with Crippen LogP contribution >= 0.6 is 0 Å². The van der Waals surface area contributed by atoms with Crippen LogP contribution in [-0.4, -0.2) is 27.5 Å². The number of hydrogen-bond acceptors (Lipinski definition) is 3. The molecule has 1 fully saturated rings. The number of aromatic nitrogens is 2. The van der Waals surface area contributed by atoms with E-state index in [2.05, 4.69) is 38.1 Å². The smallest absolute Gasteiger partial charge is 0.163 e. The summed E-state index contributed by atoms with van der Waals surface area (Å²) < 4.78 is 8.32. The Morgan fingerprint density at radius 1 is 1.30 bits per heavy atom. The van der Waals surface area contributed by atoms with Crippen LogP contribution in [-0.2, 0) is 7.05 Å². The molecule has 0 aliphatic heterocycles. The van der Waals surface area contributed by atoms with E-state index in [9.17, 15) is 0 Å². The highest BCUT2D eigenvalue weighted by atomic mass is 16.5. The van der Waals surface area contributed by atoms with Crippen molar-refractivity contribution in [2.75, 3.05) is 6.54 Å². The summed E-state index contributed by atoms with van der Waals surface area (Å²) in [5, 5.41) is 8.01. The standard InChI is InChI=1S/C16H29N3O/c1-12-14(13(2)19(6)18-12)20-16(8-7-9-16)10-11-17-15(3,4)5/h17H,7-11H2,1-6H3. The molecular formula is C16H29N3O. The van der Waals surface area contributed by atoms with Crippen molar-refractivity contribution in [1.29, 1.82) is 0 Å². The van der Waals surface area contributed by atoms with Gasteiger partial charge < -0.3 is 10.1 Å². The van der Waals surface area contributed by atoms with E-state index in [0.29, 0.717) is 0 Å². The van der Waals surface area contributed by atoms with Crippen molar-refractivity contribution < 1.29 is 4.74 Å². The highest BCUT2D eigenvalue weighted by Gasteiger charge is 2.40. The Morgan fingerprint density at radius 2 is 1.95 bits per heavy atom. The van der Waals surface area contributed by atoms with E-state index in [-0.39, 0.29) is 11.1 Å². The van der Waals surface area contributed by atoms with Gasteiger partial charge in [0, 0.05) is 12.6 Å². The molecule has 20 heavy (non-hydrogen) atoms. The van der Waals surface area contributed by atoms with Gasteiger partial charge in [-0.05, 0) is 66.8 Å². The summed E-state index contributed by atoms with van der Waals surface area (Å²) >= 11 is 0. The largest absolute Gasteiger partial charge is 0.483 e. The van der Waals surface area contributed by atoms with E-state index in [1.807, 2.05) is 18.7 Å². The van der Waals surface area contributed by atoms with Gasteiger partial charge in [0.1, 0.15) is 11.3 Å². The zero-order chi connectivity index (χ0) is 15.0. The molecule has 1 heterocycles. The fourth-order valence-electron chi connectivity index (χ4n) is 2.76. The number of ether oxygens (including phenoxy) is 1.